The smallest absolute Gasteiger partial charge is 0.176 e. The fourth-order valence-electron chi connectivity index (χ4n) is 9.56. The van der Waals surface area contributed by atoms with E-state index in [1.54, 1.807) is 0 Å². The lowest BCUT2D eigenvalue weighted by Crippen LogP contribution is -2.61. The summed E-state index contributed by atoms with van der Waals surface area (Å²) in [4.78, 5) is 27.1. The van der Waals surface area contributed by atoms with E-state index in [1.165, 1.54) is 0 Å². The second-order valence-corrected chi connectivity index (χ2v) is 13.8. The Morgan fingerprint density at radius 2 is 1.74 bits per heavy atom. The molecule has 3 saturated carbocycles. The maximum Gasteiger partial charge on any atom is 0.176 e. The Labute approximate surface area is 215 Å². The van der Waals surface area contributed by atoms with Gasteiger partial charge in [-0.05, 0) is 78.8 Å². The number of hydrogen-bond donors (Lipinski definition) is 1. The van der Waals surface area contributed by atoms with Gasteiger partial charge in [0.2, 0.25) is 0 Å². The van der Waals surface area contributed by atoms with Gasteiger partial charge in [-0.25, -0.2) is 0 Å². The summed E-state index contributed by atoms with van der Waals surface area (Å²) in [6.07, 6.45) is 12.3. The zero-order valence-corrected chi connectivity index (χ0v) is 22.7. The Balaban J connectivity index is 1.67. The van der Waals surface area contributed by atoms with Gasteiger partial charge in [0, 0.05) is 22.7 Å². The number of hydrogen-bond acceptors (Lipinski definition) is 4. The molecule has 190 valence electrons. The molecular formula is C30H40ClNO3. The number of nitrogens with zero attached hydrogens (tertiary/aromatic N) is 1. The summed E-state index contributed by atoms with van der Waals surface area (Å²) < 4.78 is 0. The first-order valence-electron chi connectivity index (χ1n) is 13.6. The number of Topliss-reactive ketones (excluding diaryl/α,β-unsaturated/α-hetero) is 1. The molecule has 0 heterocycles. The number of aliphatic hydroxyl groups excluding tert-OH is 1. The van der Waals surface area contributed by atoms with Gasteiger partial charge < -0.3 is 5.11 Å². The zero-order valence-electron chi connectivity index (χ0n) is 21.9. The van der Waals surface area contributed by atoms with Crippen LogP contribution in [0.4, 0.5) is 0 Å². The fraction of sp³-hybridized carbons (Fsp3) is 0.767. The van der Waals surface area contributed by atoms with E-state index in [4.69, 9.17) is 11.6 Å². The Morgan fingerprint density at radius 3 is 2.40 bits per heavy atom. The average Bonchev–Trinajstić information content (AvgIpc) is 2.97. The first-order chi connectivity index (χ1) is 16.3. The Morgan fingerprint density at radius 1 is 1.06 bits per heavy atom. The molecule has 0 saturated heterocycles. The molecule has 0 aliphatic heterocycles. The third-order valence-corrected chi connectivity index (χ3v) is 13.1. The number of ketones is 2. The maximum absolute atomic E-state index is 14.0. The standard InChI is InChI=1S/C30H40ClNO3/c1-18-24(34)19(17-32)16-29(5)23-15-22(33)21-14-20-8-6-7-9-30(20,25(31)35)13-12-27(21,3)28(23,4)11-10-26(18,29)2/h15-16,18,20-21,25,35H,6-14H2,1-5H3/t18-,20?,21?,25?,26+,27-,28-,29?,30?/m1/s1. The first kappa shape index (κ1) is 25.2. The van der Waals surface area contributed by atoms with Crippen LogP contribution >= 0.6 is 11.6 Å². The highest BCUT2D eigenvalue weighted by Crippen LogP contribution is 2.74. The highest BCUT2D eigenvalue weighted by atomic mass is 35.5. The van der Waals surface area contributed by atoms with Gasteiger partial charge in [-0.3, -0.25) is 9.59 Å². The van der Waals surface area contributed by atoms with Crippen molar-refractivity contribution in [3.63, 3.8) is 0 Å². The average molecular weight is 498 g/mol. The molecule has 9 atom stereocenters. The quantitative estimate of drug-likeness (QED) is 0.418. The Bertz CT molecular complexity index is 1090. The van der Waals surface area contributed by atoms with Crippen LogP contribution in [-0.4, -0.2) is 22.2 Å². The number of carbonyl (C=O) groups is 2. The molecule has 5 unspecified atom stereocenters. The third-order valence-electron chi connectivity index (χ3n) is 12.7. The fourth-order valence-corrected chi connectivity index (χ4v) is 9.96. The van der Waals surface area contributed by atoms with Crippen LogP contribution in [0, 0.1) is 56.2 Å². The number of allylic oxidation sites excluding steroid dienone is 4. The number of nitriles is 1. The van der Waals surface area contributed by atoms with Crippen LogP contribution in [0.2, 0.25) is 0 Å². The molecule has 0 aromatic rings. The monoisotopic (exact) mass is 497 g/mol. The molecule has 0 amide bonds. The molecule has 0 radical (unpaired) electrons. The molecule has 35 heavy (non-hydrogen) atoms. The second-order valence-electron chi connectivity index (χ2n) is 13.4. The van der Waals surface area contributed by atoms with Crippen molar-refractivity contribution in [1.29, 1.82) is 5.26 Å². The molecule has 5 aliphatic rings. The van der Waals surface area contributed by atoms with E-state index in [0.717, 1.165) is 63.4 Å². The number of rotatable bonds is 1. The number of halogens is 1. The van der Waals surface area contributed by atoms with Gasteiger partial charge >= 0.3 is 0 Å². The zero-order chi connectivity index (χ0) is 25.6. The van der Waals surface area contributed by atoms with Gasteiger partial charge in [0.25, 0.3) is 0 Å². The molecular weight excluding hydrogens is 458 g/mol. The summed E-state index contributed by atoms with van der Waals surface area (Å²) in [5, 5.41) is 20.6. The van der Waals surface area contributed by atoms with E-state index in [0.29, 0.717) is 0 Å². The van der Waals surface area contributed by atoms with E-state index in [9.17, 15) is 20.0 Å². The van der Waals surface area contributed by atoms with Crippen molar-refractivity contribution >= 4 is 23.2 Å². The van der Waals surface area contributed by atoms with Crippen molar-refractivity contribution in [2.24, 2.45) is 44.8 Å². The van der Waals surface area contributed by atoms with Crippen molar-refractivity contribution in [2.45, 2.75) is 98.0 Å². The van der Waals surface area contributed by atoms with Crippen LogP contribution in [-0.2, 0) is 9.59 Å². The van der Waals surface area contributed by atoms with E-state index in [2.05, 4.69) is 33.8 Å². The molecule has 5 rings (SSSR count). The normalized spacial score (nSPS) is 50.3. The number of alkyl halides is 1. The summed E-state index contributed by atoms with van der Waals surface area (Å²) in [6.45, 7) is 11.0. The van der Waals surface area contributed by atoms with E-state index >= 15 is 0 Å². The molecule has 5 aliphatic carbocycles. The lowest BCUT2D eigenvalue weighted by Gasteiger charge is -2.66. The van der Waals surface area contributed by atoms with Crippen molar-refractivity contribution in [2.75, 3.05) is 0 Å². The Kier molecular flexibility index (Phi) is 5.61. The van der Waals surface area contributed by atoms with Crippen LogP contribution in [0.5, 0.6) is 0 Å². The molecule has 1 N–H and O–H groups in total. The van der Waals surface area contributed by atoms with Crippen molar-refractivity contribution in [1.82, 2.24) is 0 Å². The minimum absolute atomic E-state index is 0.0699. The van der Waals surface area contributed by atoms with Crippen molar-refractivity contribution in [3.05, 3.63) is 23.3 Å². The van der Waals surface area contributed by atoms with E-state index in [-0.39, 0.29) is 56.6 Å². The lowest BCUT2D eigenvalue weighted by molar-refractivity contribution is -0.139. The van der Waals surface area contributed by atoms with Crippen LogP contribution in [0.25, 0.3) is 0 Å². The van der Waals surface area contributed by atoms with E-state index < -0.39 is 11.0 Å². The predicted molar refractivity (Wildman–Crippen MR) is 136 cm³/mol. The van der Waals surface area contributed by atoms with Crippen molar-refractivity contribution < 1.29 is 14.7 Å². The highest BCUT2D eigenvalue weighted by molar-refractivity contribution is 6.20. The van der Waals surface area contributed by atoms with Gasteiger partial charge in [-0.2, -0.15) is 5.26 Å². The van der Waals surface area contributed by atoms with Gasteiger partial charge in [0.1, 0.15) is 11.6 Å². The lowest BCUT2D eigenvalue weighted by atomic mass is 9.36. The number of fused-ring (bicyclic) bond motifs is 6. The van der Waals surface area contributed by atoms with Crippen molar-refractivity contribution in [3.8, 4) is 6.07 Å². The van der Waals surface area contributed by atoms with Crippen LogP contribution in [0.3, 0.4) is 0 Å². The maximum atomic E-state index is 14.0. The summed E-state index contributed by atoms with van der Waals surface area (Å²) in [5.41, 5.74) is -1.23. The predicted octanol–water partition coefficient (Wildman–Crippen LogP) is 6.52. The summed E-state index contributed by atoms with van der Waals surface area (Å²) in [7, 11) is 0. The third kappa shape index (κ3) is 2.95. The first-order valence-corrected chi connectivity index (χ1v) is 14.0. The SMILES string of the molecule is C[C@@H]1C(=O)C(C#N)=CC2(C)C3=CC(=O)C4CC5CCCCC5(C(O)Cl)CC[C@@]4(C)[C@]3(C)CC[C@@]12C. The van der Waals surface area contributed by atoms with Crippen LogP contribution in [0.1, 0.15) is 92.4 Å². The molecule has 0 bridgehead atoms. The van der Waals surface area contributed by atoms with E-state index in [1.807, 2.05) is 19.1 Å². The highest BCUT2D eigenvalue weighted by Gasteiger charge is 2.68. The van der Waals surface area contributed by atoms with Crippen LogP contribution < -0.4 is 0 Å². The number of carbonyl (C=O) groups excluding carboxylic acids is 2. The summed E-state index contributed by atoms with van der Waals surface area (Å²) in [6, 6.07) is 2.16. The van der Waals surface area contributed by atoms with Gasteiger partial charge in [0.05, 0.1) is 5.57 Å². The molecule has 0 aromatic carbocycles. The second kappa shape index (κ2) is 7.78. The van der Waals surface area contributed by atoms with Crippen LogP contribution in [0.15, 0.2) is 23.3 Å². The van der Waals surface area contributed by atoms with Gasteiger partial charge in [-0.15, -0.1) is 0 Å². The molecule has 0 aromatic heterocycles. The molecule has 5 heteroatoms. The minimum Gasteiger partial charge on any atom is -0.377 e. The van der Waals surface area contributed by atoms with Gasteiger partial charge in [-0.1, -0.05) is 65.1 Å². The minimum atomic E-state index is -0.884. The summed E-state index contributed by atoms with van der Waals surface area (Å²) >= 11 is 6.53. The summed E-state index contributed by atoms with van der Waals surface area (Å²) in [5.74, 6) is 0.0170. The number of aliphatic hydroxyl groups is 1. The molecule has 0 spiro atoms. The largest absolute Gasteiger partial charge is 0.377 e. The molecule has 3 fully saturated rings. The topological polar surface area (TPSA) is 78.2 Å². The molecule has 4 nitrogen and oxygen atoms in total. The Hall–Kier alpha value is -1.44. The van der Waals surface area contributed by atoms with Gasteiger partial charge in [0.15, 0.2) is 11.6 Å².